The molecule has 0 aliphatic carbocycles. The number of carbonyl (C=O) groups excluding carboxylic acids is 2. The number of imide groups is 1. The van der Waals surface area contributed by atoms with Crippen LogP contribution in [0.1, 0.15) is 25.3 Å². The molecule has 1 aromatic carbocycles. The van der Waals surface area contributed by atoms with Crippen LogP contribution in [0.3, 0.4) is 0 Å². The Hall–Kier alpha value is -2.30. The fourth-order valence-electron chi connectivity index (χ4n) is 1.96. The molecule has 0 aromatic heterocycles. The monoisotopic (exact) mass is 274 g/mol. The van der Waals surface area contributed by atoms with E-state index in [1.54, 1.807) is 13.2 Å². The van der Waals surface area contributed by atoms with E-state index in [0.717, 1.165) is 24.2 Å². The van der Waals surface area contributed by atoms with Gasteiger partial charge in [0.15, 0.2) is 0 Å². The van der Waals surface area contributed by atoms with Crippen LogP contribution in [0.25, 0.3) is 6.08 Å². The molecule has 20 heavy (non-hydrogen) atoms. The Labute approximate surface area is 118 Å². The fraction of sp³-hybridized carbons (Fsp3) is 0.333. The lowest BCUT2D eigenvalue weighted by molar-refractivity contribution is -0.122. The van der Waals surface area contributed by atoms with Crippen molar-refractivity contribution < 1.29 is 14.3 Å². The molecule has 0 bridgehead atoms. The Balaban J connectivity index is 2.14. The Bertz CT molecular complexity index is 535. The molecule has 1 N–H and O–H groups in total. The molecule has 5 nitrogen and oxygen atoms in total. The number of nitrogens with zero attached hydrogens (tertiary/aromatic N) is 1. The molecule has 0 spiro atoms. The third kappa shape index (κ3) is 2.99. The molecule has 0 atom stereocenters. The van der Waals surface area contributed by atoms with Crippen molar-refractivity contribution in [3.63, 3.8) is 0 Å². The standard InChI is InChI=1S/C15H18N2O3/c1-3-4-9-17-14(18)13(16-15(17)19)10-11-5-7-12(20-2)8-6-11/h5-8,10H,3-4,9H2,1-2H3,(H,16,19). The third-order valence-corrected chi connectivity index (χ3v) is 3.12. The summed E-state index contributed by atoms with van der Waals surface area (Å²) in [5.41, 5.74) is 1.16. The molecule has 0 unspecified atom stereocenters. The average Bonchev–Trinajstić information content (AvgIpc) is 2.72. The van der Waals surface area contributed by atoms with Crippen LogP contribution in [0.2, 0.25) is 0 Å². The van der Waals surface area contributed by atoms with Gasteiger partial charge in [0.2, 0.25) is 0 Å². The van der Waals surface area contributed by atoms with Crippen molar-refractivity contribution >= 4 is 18.0 Å². The van der Waals surface area contributed by atoms with Gasteiger partial charge in [-0.25, -0.2) is 4.79 Å². The van der Waals surface area contributed by atoms with Gasteiger partial charge in [0.25, 0.3) is 5.91 Å². The number of urea groups is 1. The Morgan fingerprint density at radius 2 is 1.95 bits per heavy atom. The highest BCUT2D eigenvalue weighted by Crippen LogP contribution is 2.17. The molecule has 2 rings (SSSR count). The molecule has 1 fully saturated rings. The van der Waals surface area contributed by atoms with Crippen LogP contribution < -0.4 is 10.1 Å². The summed E-state index contributed by atoms with van der Waals surface area (Å²) in [6, 6.07) is 6.94. The first-order valence-electron chi connectivity index (χ1n) is 6.64. The molecular formula is C15H18N2O3. The van der Waals surface area contributed by atoms with E-state index in [9.17, 15) is 9.59 Å². The molecule has 5 heteroatoms. The summed E-state index contributed by atoms with van der Waals surface area (Å²) in [4.78, 5) is 25.1. The Morgan fingerprint density at radius 1 is 1.25 bits per heavy atom. The van der Waals surface area contributed by atoms with Gasteiger partial charge in [-0.15, -0.1) is 0 Å². The number of hydrogen-bond acceptors (Lipinski definition) is 3. The summed E-state index contributed by atoms with van der Waals surface area (Å²) < 4.78 is 5.07. The maximum Gasteiger partial charge on any atom is 0.329 e. The van der Waals surface area contributed by atoms with E-state index >= 15 is 0 Å². The molecule has 1 aliphatic heterocycles. The zero-order valence-corrected chi connectivity index (χ0v) is 11.7. The first-order valence-corrected chi connectivity index (χ1v) is 6.64. The average molecular weight is 274 g/mol. The van der Waals surface area contributed by atoms with Crippen LogP contribution in [0.15, 0.2) is 30.0 Å². The van der Waals surface area contributed by atoms with E-state index in [4.69, 9.17) is 4.74 Å². The molecule has 1 saturated heterocycles. The minimum Gasteiger partial charge on any atom is -0.497 e. The molecule has 1 aliphatic rings. The van der Waals surface area contributed by atoms with Gasteiger partial charge < -0.3 is 10.1 Å². The second-order valence-corrected chi connectivity index (χ2v) is 4.57. The van der Waals surface area contributed by atoms with Crippen molar-refractivity contribution in [2.75, 3.05) is 13.7 Å². The lowest BCUT2D eigenvalue weighted by atomic mass is 10.2. The van der Waals surface area contributed by atoms with Crippen molar-refractivity contribution in [1.82, 2.24) is 10.2 Å². The quantitative estimate of drug-likeness (QED) is 0.662. The van der Waals surface area contributed by atoms with Gasteiger partial charge in [-0.1, -0.05) is 25.5 Å². The molecular weight excluding hydrogens is 256 g/mol. The van der Waals surface area contributed by atoms with E-state index in [1.165, 1.54) is 4.90 Å². The maximum atomic E-state index is 12.1. The predicted octanol–water partition coefficient (Wildman–Crippen LogP) is 2.39. The lowest BCUT2D eigenvalue weighted by Crippen LogP contribution is -2.31. The number of carbonyl (C=O) groups is 2. The van der Waals surface area contributed by atoms with E-state index in [0.29, 0.717) is 12.2 Å². The van der Waals surface area contributed by atoms with Gasteiger partial charge in [0, 0.05) is 6.54 Å². The normalized spacial score (nSPS) is 16.7. The fourth-order valence-corrected chi connectivity index (χ4v) is 1.96. The highest BCUT2D eigenvalue weighted by Gasteiger charge is 2.32. The highest BCUT2D eigenvalue weighted by molar-refractivity contribution is 6.13. The zero-order chi connectivity index (χ0) is 14.5. The van der Waals surface area contributed by atoms with Gasteiger partial charge in [-0.05, 0) is 30.2 Å². The predicted molar refractivity (Wildman–Crippen MR) is 76.1 cm³/mol. The summed E-state index contributed by atoms with van der Waals surface area (Å²) in [7, 11) is 1.60. The van der Waals surface area contributed by atoms with Gasteiger partial charge in [0.1, 0.15) is 11.4 Å². The van der Waals surface area contributed by atoms with Crippen molar-refractivity contribution in [3.8, 4) is 5.75 Å². The molecule has 1 heterocycles. The van der Waals surface area contributed by atoms with E-state index in [2.05, 4.69) is 5.32 Å². The van der Waals surface area contributed by atoms with Crippen LogP contribution in [-0.2, 0) is 4.79 Å². The molecule has 1 aromatic rings. The summed E-state index contributed by atoms with van der Waals surface area (Å²) in [5.74, 6) is 0.484. The number of hydrogen-bond donors (Lipinski definition) is 1. The third-order valence-electron chi connectivity index (χ3n) is 3.12. The van der Waals surface area contributed by atoms with Crippen LogP contribution >= 0.6 is 0 Å². The minimum atomic E-state index is -0.344. The zero-order valence-electron chi connectivity index (χ0n) is 11.7. The second-order valence-electron chi connectivity index (χ2n) is 4.57. The van der Waals surface area contributed by atoms with Crippen molar-refractivity contribution in [3.05, 3.63) is 35.5 Å². The number of ether oxygens (including phenoxy) is 1. The molecule has 106 valence electrons. The van der Waals surface area contributed by atoms with E-state index in [-0.39, 0.29) is 11.9 Å². The number of nitrogens with one attached hydrogen (secondary N) is 1. The number of unbranched alkanes of at least 4 members (excludes halogenated alkanes) is 1. The topological polar surface area (TPSA) is 58.6 Å². The largest absolute Gasteiger partial charge is 0.497 e. The van der Waals surface area contributed by atoms with Gasteiger partial charge in [0.05, 0.1) is 7.11 Å². The first-order chi connectivity index (χ1) is 9.65. The van der Waals surface area contributed by atoms with Crippen molar-refractivity contribution in [2.24, 2.45) is 0 Å². The molecule has 0 radical (unpaired) electrons. The van der Waals surface area contributed by atoms with Gasteiger partial charge in [-0.2, -0.15) is 0 Å². The Morgan fingerprint density at radius 3 is 2.55 bits per heavy atom. The van der Waals surface area contributed by atoms with Crippen LogP contribution in [-0.4, -0.2) is 30.5 Å². The van der Waals surface area contributed by atoms with Crippen LogP contribution in [0.5, 0.6) is 5.75 Å². The summed E-state index contributed by atoms with van der Waals surface area (Å²) in [6.07, 6.45) is 3.43. The lowest BCUT2D eigenvalue weighted by Gasteiger charge is -2.09. The van der Waals surface area contributed by atoms with E-state index < -0.39 is 0 Å². The smallest absolute Gasteiger partial charge is 0.329 e. The summed E-state index contributed by atoms with van der Waals surface area (Å²) in [5, 5.41) is 2.61. The number of methoxy groups -OCH3 is 1. The van der Waals surface area contributed by atoms with Gasteiger partial charge >= 0.3 is 6.03 Å². The van der Waals surface area contributed by atoms with Crippen LogP contribution in [0.4, 0.5) is 4.79 Å². The molecule has 0 saturated carbocycles. The molecule has 3 amide bonds. The second kappa shape index (κ2) is 6.23. The van der Waals surface area contributed by atoms with Crippen LogP contribution in [0, 0.1) is 0 Å². The Kier molecular flexibility index (Phi) is 4.40. The maximum absolute atomic E-state index is 12.1. The number of benzene rings is 1. The first kappa shape index (κ1) is 14.1. The highest BCUT2D eigenvalue weighted by atomic mass is 16.5. The minimum absolute atomic E-state index is 0.265. The van der Waals surface area contributed by atoms with E-state index in [1.807, 2.05) is 31.2 Å². The number of rotatable bonds is 5. The SMILES string of the molecule is CCCCN1C(=O)NC(=Cc2ccc(OC)cc2)C1=O. The van der Waals surface area contributed by atoms with Crippen molar-refractivity contribution in [1.29, 1.82) is 0 Å². The summed E-state index contributed by atoms with van der Waals surface area (Å²) in [6.45, 7) is 2.48. The summed E-state index contributed by atoms with van der Waals surface area (Å²) >= 11 is 0. The van der Waals surface area contributed by atoms with Crippen molar-refractivity contribution in [2.45, 2.75) is 19.8 Å². The number of amides is 3. The van der Waals surface area contributed by atoms with Gasteiger partial charge in [-0.3, -0.25) is 9.69 Å².